The van der Waals surface area contributed by atoms with Gasteiger partial charge in [-0.25, -0.2) is 0 Å². The molecule has 4 nitrogen and oxygen atoms in total. The highest BCUT2D eigenvalue weighted by Crippen LogP contribution is 2.41. The van der Waals surface area contributed by atoms with Crippen molar-refractivity contribution in [1.29, 1.82) is 0 Å². The lowest BCUT2D eigenvalue weighted by Gasteiger charge is -2.38. The van der Waals surface area contributed by atoms with E-state index in [0.717, 1.165) is 5.56 Å². The van der Waals surface area contributed by atoms with Crippen molar-refractivity contribution in [3.63, 3.8) is 0 Å². The Bertz CT molecular complexity index is 366. The fourth-order valence-corrected chi connectivity index (χ4v) is 2.30. The molecule has 0 saturated heterocycles. The van der Waals surface area contributed by atoms with E-state index in [1.54, 1.807) is 0 Å². The number of ether oxygens (including phenoxy) is 1. The van der Waals surface area contributed by atoms with E-state index in [4.69, 9.17) is 4.74 Å². The normalized spacial score (nSPS) is 28.4. The van der Waals surface area contributed by atoms with Crippen LogP contribution >= 0.6 is 0 Å². The molecule has 16 heavy (non-hydrogen) atoms. The van der Waals surface area contributed by atoms with E-state index in [1.807, 2.05) is 37.3 Å². The van der Waals surface area contributed by atoms with Crippen molar-refractivity contribution in [3.05, 3.63) is 46.0 Å². The van der Waals surface area contributed by atoms with Crippen molar-refractivity contribution in [3.8, 4) is 0 Å². The van der Waals surface area contributed by atoms with E-state index >= 15 is 0 Å². The zero-order valence-corrected chi connectivity index (χ0v) is 9.20. The fraction of sp³-hybridized carbons (Fsp3) is 0.500. The molecular weight excluding hydrogens is 206 g/mol. The summed E-state index contributed by atoms with van der Waals surface area (Å²) >= 11 is 0. The van der Waals surface area contributed by atoms with Gasteiger partial charge in [0, 0.05) is 18.0 Å². The average molecular weight is 221 g/mol. The molecule has 1 aromatic rings. The Morgan fingerprint density at radius 3 is 2.69 bits per heavy atom. The predicted molar refractivity (Wildman–Crippen MR) is 60.0 cm³/mol. The van der Waals surface area contributed by atoms with E-state index in [1.165, 1.54) is 0 Å². The molecule has 0 bridgehead atoms. The third-order valence-electron chi connectivity index (χ3n) is 3.12. The highest BCUT2D eigenvalue weighted by Gasteiger charge is 2.50. The summed E-state index contributed by atoms with van der Waals surface area (Å²) in [6, 6.07) is 9.12. The zero-order chi connectivity index (χ0) is 11.5. The van der Waals surface area contributed by atoms with Gasteiger partial charge in [0.25, 0.3) is 0 Å². The van der Waals surface area contributed by atoms with Crippen LogP contribution in [0, 0.1) is 10.1 Å². The molecule has 3 atom stereocenters. The molecule has 1 aromatic carbocycles. The molecule has 0 heterocycles. The summed E-state index contributed by atoms with van der Waals surface area (Å²) in [7, 11) is 0. The van der Waals surface area contributed by atoms with Crippen molar-refractivity contribution >= 4 is 0 Å². The van der Waals surface area contributed by atoms with Crippen LogP contribution in [0.3, 0.4) is 0 Å². The minimum absolute atomic E-state index is 0.00259. The van der Waals surface area contributed by atoms with Crippen molar-refractivity contribution in [2.45, 2.75) is 31.4 Å². The van der Waals surface area contributed by atoms with Gasteiger partial charge in [0.05, 0.1) is 12.0 Å². The maximum Gasteiger partial charge on any atom is 0.224 e. The first-order chi connectivity index (χ1) is 7.74. The summed E-state index contributed by atoms with van der Waals surface area (Å²) in [6.07, 6.45) is 0.531. The second-order valence-electron chi connectivity index (χ2n) is 4.02. The predicted octanol–water partition coefficient (Wildman–Crippen LogP) is 2.22. The average Bonchev–Trinajstić information content (AvgIpc) is 2.24. The monoisotopic (exact) mass is 221 g/mol. The van der Waals surface area contributed by atoms with E-state index < -0.39 is 6.04 Å². The van der Waals surface area contributed by atoms with Crippen LogP contribution < -0.4 is 0 Å². The van der Waals surface area contributed by atoms with Crippen LogP contribution in [0.2, 0.25) is 0 Å². The molecular formula is C12H15NO3. The van der Waals surface area contributed by atoms with Gasteiger partial charge in [-0.2, -0.15) is 0 Å². The number of nitro groups is 1. The summed E-state index contributed by atoms with van der Waals surface area (Å²) in [4.78, 5) is 10.7. The Hall–Kier alpha value is -1.42. The van der Waals surface area contributed by atoms with Gasteiger partial charge in [-0.15, -0.1) is 0 Å². The summed E-state index contributed by atoms with van der Waals surface area (Å²) in [5.41, 5.74) is 1.01. The van der Waals surface area contributed by atoms with Gasteiger partial charge in [-0.3, -0.25) is 10.1 Å². The SMILES string of the molecule is CCOC1C[C@@H]([N+](=O)[O-])[C@@H]1c1ccccc1. The van der Waals surface area contributed by atoms with Crippen LogP contribution in [0.5, 0.6) is 0 Å². The molecule has 0 aromatic heterocycles. The topological polar surface area (TPSA) is 52.4 Å². The van der Waals surface area contributed by atoms with Crippen LogP contribution in [0.1, 0.15) is 24.8 Å². The second-order valence-corrected chi connectivity index (χ2v) is 4.02. The van der Waals surface area contributed by atoms with Gasteiger partial charge in [-0.05, 0) is 12.5 Å². The molecule has 1 aliphatic carbocycles. The standard InChI is InChI=1S/C12H15NO3/c1-2-16-11-8-10(13(14)15)12(11)9-6-4-3-5-7-9/h3-7,10-12H,2,8H2,1H3/t10-,11?,12+/m1/s1. The van der Waals surface area contributed by atoms with Gasteiger partial charge in [0.1, 0.15) is 0 Å². The number of hydrogen-bond donors (Lipinski definition) is 0. The zero-order valence-electron chi connectivity index (χ0n) is 9.20. The largest absolute Gasteiger partial charge is 0.377 e. The van der Waals surface area contributed by atoms with E-state index in [0.29, 0.717) is 13.0 Å². The van der Waals surface area contributed by atoms with Crippen molar-refractivity contribution in [1.82, 2.24) is 0 Å². The molecule has 0 N–H and O–H groups in total. The molecule has 1 fully saturated rings. The minimum atomic E-state index is -0.487. The van der Waals surface area contributed by atoms with E-state index in [-0.39, 0.29) is 16.9 Å². The molecule has 0 aliphatic heterocycles. The van der Waals surface area contributed by atoms with Gasteiger partial charge in [-0.1, -0.05) is 30.3 Å². The Kier molecular flexibility index (Phi) is 3.19. The fourth-order valence-electron chi connectivity index (χ4n) is 2.30. The third kappa shape index (κ3) is 1.93. The van der Waals surface area contributed by atoms with E-state index in [9.17, 15) is 10.1 Å². The summed E-state index contributed by atoms with van der Waals surface area (Å²) < 4.78 is 5.52. The summed E-state index contributed by atoms with van der Waals surface area (Å²) in [6.45, 7) is 2.53. The van der Waals surface area contributed by atoms with Crippen LogP contribution in [0.15, 0.2) is 30.3 Å². The smallest absolute Gasteiger partial charge is 0.224 e. The van der Waals surface area contributed by atoms with Crippen LogP contribution in [-0.4, -0.2) is 23.7 Å². The van der Waals surface area contributed by atoms with Crippen LogP contribution in [0.25, 0.3) is 0 Å². The number of benzene rings is 1. The highest BCUT2D eigenvalue weighted by atomic mass is 16.6. The summed E-state index contributed by atoms with van der Waals surface area (Å²) in [5.74, 6) is -0.0869. The molecule has 0 spiro atoms. The van der Waals surface area contributed by atoms with Gasteiger partial charge in [0.2, 0.25) is 6.04 Å². The Morgan fingerprint density at radius 1 is 1.44 bits per heavy atom. The van der Waals surface area contributed by atoms with Crippen LogP contribution in [-0.2, 0) is 4.74 Å². The van der Waals surface area contributed by atoms with Gasteiger partial charge in [0.15, 0.2) is 0 Å². The maximum absolute atomic E-state index is 10.9. The summed E-state index contributed by atoms with van der Waals surface area (Å²) in [5, 5.41) is 10.9. The van der Waals surface area contributed by atoms with Gasteiger partial charge < -0.3 is 4.74 Å². The first-order valence-electron chi connectivity index (χ1n) is 5.54. The van der Waals surface area contributed by atoms with Gasteiger partial charge >= 0.3 is 0 Å². The molecule has 1 aliphatic rings. The highest BCUT2D eigenvalue weighted by molar-refractivity contribution is 5.25. The van der Waals surface area contributed by atoms with E-state index in [2.05, 4.69) is 0 Å². The lowest BCUT2D eigenvalue weighted by atomic mass is 9.72. The quantitative estimate of drug-likeness (QED) is 0.578. The first-order valence-corrected chi connectivity index (χ1v) is 5.54. The van der Waals surface area contributed by atoms with Crippen molar-refractivity contribution < 1.29 is 9.66 Å². The van der Waals surface area contributed by atoms with Crippen LogP contribution in [0.4, 0.5) is 0 Å². The lowest BCUT2D eigenvalue weighted by molar-refractivity contribution is -0.547. The number of rotatable bonds is 4. The molecule has 0 amide bonds. The van der Waals surface area contributed by atoms with Crippen molar-refractivity contribution in [2.75, 3.05) is 6.61 Å². The molecule has 1 unspecified atom stereocenters. The lowest BCUT2D eigenvalue weighted by Crippen LogP contribution is -2.49. The maximum atomic E-state index is 10.9. The van der Waals surface area contributed by atoms with Crippen molar-refractivity contribution in [2.24, 2.45) is 0 Å². The first kappa shape index (κ1) is 11.1. The molecule has 86 valence electrons. The molecule has 4 heteroatoms. The number of hydrogen-bond acceptors (Lipinski definition) is 3. The minimum Gasteiger partial charge on any atom is -0.377 e. The molecule has 1 saturated carbocycles. The molecule has 2 rings (SSSR count). The number of nitrogens with zero attached hydrogens (tertiary/aromatic N) is 1. The molecule has 0 radical (unpaired) electrons. The second kappa shape index (κ2) is 4.61. The Morgan fingerprint density at radius 2 is 2.12 bits per heavy atom. The Balaban J connectivity index is 2.17. The Labute approximate surface area is 94.4 Å². The third-order valence-corrected chi connectivity index (χ3v) is 3.12.